The standard InChI is InChI=1S/C20H20N2O5S/c1-3-13-21-28(25,26)18-11-9-17(10-12-18)20(24)22(15-19(23)27-2)14-16-7-5-4-6-8-16/h1,4-12,21H,13-15H2,2H3. The lowest BCUT2D eigenvalue weighted by molar-refractivity contribution is -0.141. The number of hydrogen-bond acceptors (Lipinski definition) is 5. The third-order valence-electron chi connectivity index (χ3n) is 3.83. The van der Waals surface area contributed by atoms with E-state index in [9.17, 15) is 18.0 Å². The highest BCUT2D eigenvalue weighted by molar-refractivity contribution is 7.89. The summed E-state index contributed by atoms with van der Waals surface area (Å²) in [5, 5.41) is 0. The molecule has 1 N–H and O–H groups in total. The number of hydrogen-bond donors (Lipinski definition) is 1. The largest absolute Gasteiger partial charge is 0.468 e. The maximum Gasteiger partial charge on any atom is 0.325 e. The number of terminal acetylenes is 1. The van der Waals surface area contributed by atoms with Gasteiger partial charge in [-0.1, -0.05) is 36.3 Å². The van der Waals surface area contributed by atoms with Gasteiger partial charge in [-0.05, 0) is 29.8 Å². The van der Waals surface area contributed by atoms with Crippen molar-refractivity contribution in [2.45, 2.75) is 11.4 Å². The first-order valence-corrected chi connectivity index (χ1v) is 9.79. The number of methoxy groups -OCH3 is 1. The van der Waals surface area contributed by atoms with Crippen molar-refractivity contribution in [3.8, 4) is 12.3 Å². The van der Waals surface area contributed by atoms with Crippen LogP contribution in [0.4, 0.5) is 0 Å². The summed E-state index contributed by atoms with van der Waals surface area (Å²) in [7, 11) is -2.50. The van der Waals surface area contributed by atoms with Gasteiger partial charge in [0.15, 0.2) is 0 Å². The average molecular weight is 400 g/mol. The molecule has 0 aliphatic carbocycles. The van der Waals surface area contributed by atoms with Gasteiger partial charge in [-0.25, -0.2) is 8.42 Å². The molecule has 0 bridgehead atoms. The van der Waals surface area contributed by atoms with Gasteiger partial charge in [0.25, 0.3) is 5.91 Å². The second-order valence-corrected chi connectivity index (χ2v) is 7.54. The molecule has 0 radical (unpaired) electrons. The third-order valence-corrected chi connectivity index (χ3v) is 5.24. The normalized spacial score (nSPS) is 10.7. The Morgan fingerprint density at radius 1 is 1.11 bits per heavy atom. The first kappa shape index (κ1) is 21.2. The number of carbonyl (C=O) groups is 2. The van der Waals surface area contributed by atoms with Crippen molar-refractivity contribution in [3.05, 3.63) is 65.7 Å². The van der Waals surface area contributed by atoms with Crippen LogP contribution in [0.5, 0.6) is 0 Å². The number of sulfonamides is 1. The van der Waals surface area contributed by atoms with E-state index in [2.05, 4.69) is 15.4 Å². The molecule has 2 aromatic carbocycles. The zero-order valence-corrected chi connectivity index (χ0v) is 16.1. The third kappa shape index (κ3) is 5.67. The van der Waals surface area contributed by atoms with Crippen LogP contribution in [0.3, 0.4) is 0 Å². The maximum atomic E-state index is 12.9. The molecule has 0 aromatic heterocycles. The topological polar surface area (TPSA) is 92.8 Å². The Bertz CT molecular complexity index is 964. The molecule has 28 heavy (non-hydrogen) atoms. The molecule has 8 heteroatoms. The summed E-state index contributed by atoms with van der Waals surface area (Å²) in [6.45, 7) is -0.153. The van der Waals surface area contributed by atoms with Gasteiger partial charge < -0.3 is 9.64 Å². The number of nitrogens with one attached hydrogen (secondary N) is 1. The minimum Gasteiger partial charge on any atom is -0.468 e. The predicted octanol–water partition coefficient (Wildman–Crippen LogP) is 1.41. The van der Waals surface area contributed by atoms with Crippen molar-refractivity contribution in [1.82, 2.24) is 9.62 Å². The summed E-state index contributed by atoms with van der Waals surface area (Å²) in [5.41, 5.74) is 1.09. The molecule has 0 atom stereocenters. The molecule has 0 saturated heterocycles. The smallest absolute Gasteiger partial charge is 0.325 e. The van der Waals surface area contributed by atoms with Gasteiger partial charge in [-0.15, -0.1) is 6.42 Å². The first-order chi connectivity index (χ1) is 13.4. The van der Waals surface area contributed by atoms with Crippen LogP contribution in [-0.2, 0) is 26.1 Å². The molecule has 2 rings (SSSR count). The van der Waals surface area contributed by atoms with Crippen molar-refractivity contribution < 1.29 is 22.7 Å². The van der Waals surface area contributed by atoms with Crippen molar-refractivity contribution in [2.24, 2.45) is 0 Å². The van der Waals surface area contributed by atoms with E-state index in [4.69, 9.17) is 6.42 Å². The molecule has 7 nitrogen and oxygen atoms in total. The van der Waals surface area contributed by atoms with Gasteiger partial charge in [0.2, 0.25) is 10.0 Å². The summed E-state index contributed by atoms with van der Waals surface area (Å²) in [5.74, 6) is 1.21. The Labute approximate surface area is 164 Å². The highest BCUT2D eigenvalue weighted by Crippen LogP contribution is 2.14. The molecular formula is C20H20N2O5S. The predicted molar refractivity (Wildman–Crippen MR) is 104 cm³/mol. The number of benzene rings is 2. The van der Waals surface area contributed by atoms with E-state index in [0.717, 1.165) is 5.56 Å². The number of esters is 1. The molecule has 0 spiro atoms. The van der Waals surface area contributed by atoms with E-state index in [1.807, 2.05) is 30.3 Å². The number of nitrogens with zero attached hydrogens (tertiary/aromatic N) is 1. The van der Waals surface area contributed by atoms with E-state index < -0.39 is 21.9 Å². The number of amides is 1. The highest BCUT2D eigenvalue weighted by atomic mass is 32.2. The quantitative estimate of drug-likeness (QED) is 0.534. The minimum absolute atomic E-state index is 0.0122. The Balaban J connectivity index is 2.23. The van der Waals surface area contributed by atoms with Gasteiger partial charge >= 0.3 is 5.97 Å². The van der Waals surface area contributed by atoms with Gasteiger partial charge in [0.1, 0.15) is 6.54 Å². The summed E-state index contributed by atoms with van der Waals surface area (Å²) in [6, 6.07) is 14.6. The fourth-order valence-electron chi connectivity index (χ4n) is 2.40. The van der Waals surface area contributed by atoms with Crippen LogP contribution in [0.25, 0.3) is 0 Å². The van der Waals surface area contributed by atoms with Crippen LogP contribution in [0.15, 0.2) is 59.5 Å². The molecule has 0 fully saturated rings. The lowest BCUT2D eigenvalue weighted by Crippen LogP contribution is -2.35. The van der Waals surface area contributed by atoms with Gasteiger partial charge in [0, 0.05) is 12.1 Å². The van der Waals surface area contributed by atoms with Crippen molar-refractivity contribution in [3.63, 3.8) is 0 Å². The monoisotopic (exact) mass is 400 g/mol. The fourth-order valence-corrected chi connectivity index (χ4v) is 3.34. The van der Waals surface area contributed by atoms with Gasteiger partial charge in [-0.2, -0.15) is 4.72 Å². The van der Waals surface area contributed by atoms with Crippen LogP contribution in [0.2, 0.25) is 0 Å². The number of rotatable bonds is 8. The Kier molecular flexibility index (Phi) is 7.32. The molecule has 2 aromatic rings. The van der Waals surface area contributed by atoms with E-state index in [1.54, 1.807) is 0 Å². The average Bonchev–Trinajstić information content (AvgIpc) is 2.72. The zero-order chi connectivity index (χ0) is 20.6. The Morgan fingerprint density at radius 3 is 2.32 bits per heavy atom. The van der Waals surface area contributed by atoms with E-state index >= 15 is 0 Å². The lowest BCUT2D eigenvalue weighted by atomic mass is 10.1. The zero-order valence-electron chi connectivity index (χ0n) is 15.3. The lowest BCUT2D eigenvalue weighted by Gasteiger charge is -2.22. The van der Waals surface area contributed by atoms with Gasteiger partial charge in [-0.3, -0.25) is 9.59 Å². The SMILES string of the molecule is C#CCNS(=O)(=O)c1ccc(C(=O)N(CC(=O)OC)Cc2ccccc2)cc1. The maximum absolute atomic E-state index is 12.9. The molecule has 146 valence electrons. The summed E-state index contributed by atoms with van der Waals surface area (Å²) in [4.78, 5) is 25.9. The van der Waals surface area contributed by atoms with Crippen LogP contribution in [-0.4, -0.2) is 45.4 Å². The minimum atomic E-state index is -3.75. The molecular weight excluding hydrogens is 380 g/mol. The molecule has 1 amide bonds. The fraction of sp³-hybridized carbons (Fsp3) is 0.200. The van der Waals surface area contributed by atoms with Gasteiger partial charge in [0.05, 0.1) is 18.6 Å². The van der Waals surface area contributed by atoms with E-state index in [0.29, 0.717) is 0 Å². The number of carbonyl (C=O) groups excluding carboxylic acids is 2. The van der Waals surface area contributed by atoms with Crippen molar-refractivity contribution >= 4 is 21.9 Å². The summed E-state index contributed by atoms with van der Waals surface area (Å²) >= 11 is 0. The molecule has 0 aliphatic rings. The Morgan fingerprint density at radius 2 is 1.75 bits per heavy atom. The van der Waals surface area contributed by atoms with E-state index in [-0.39, 0.29) is 30.1 Å². The van der Waals surface area contributed by atoms with Crippen LogP contribution < -0.4 is 4.72 Å². The molecule has 0 heterocycles. The molecule has 0 aliphatic heterocycles. The van der Waals surface area contributed by atoms with Crippen LogP contribution >= 0.6 is 0 Å². The summed E-state index contributed by atoms with van der Waals surface area (Å²) < 4.78 is 31.0. The second-order valence-electron chi connectivity index (χ2n) is 5.78. The molecule has 0 saturated carbocycles. The highest BCUT2D eigenvalue weighted by Gasteiger charge is 2.21. The van der Waals surface area contributed by atoms with E-state index in [1.165, 1.54) is 36.3 Å². The van der Waals surface area contributed by atoms with Crippen molar-refractivity contribution in [1.29, 1.82) is 0 Å². The Hall–Kier alpha value is -3.15. The number of ether oxygens (including phenoxy) is 1. The summed E-state index contributed by atoms with van der Waals surface area (Å²) in [6.07, 6.45) is 5.06. The molecule has 0 unspecified atom stereocenters. The second kappa shape index (κ2) is 9.69. The van der Waals surface area contributed by atoms with Crippen LogP contribution in [0, 0.1) is 12.3 Å². The van der Waals surface area contributed by atoms with Crippen LogP contribution in [0.1, 0.15) is 15.9 Å². The first-order valence-electron chi connectivity index (χ1n) is 8.30. The van der Waals surface area contributed by atoms with Crippen molar-refractivity contribution in [2.75, 3.05) is 20.2 Å².